The zero-order valence-corrected chi connectivity index (χ0v) is 15.1. The first kappa shape index (κ1) is 19.2. The monoisotopic (exact) mass is 326 g/mol. The molecule has 0 fully saturated rings. The Hall–Kier alpha value is -0.870. The number of benzene rings is 1. The molecule has 1 rings (SSSR count). The minimum atomic E-state index is -4.15. The van der Waals surface area contributed by atoms with Gasteiger partial charge in [0.05, 0.1) is 4.90 Å². The molecule has 0 heterocycles. The summed E-state index contributed by atoms with van der Waals surface area (Å²) in [4.78, 5) is 0.0957. The van der Waals surface area contributed by atoms with Crippen LogP contribution in [0, 0.1) is 11.8 Å². The van der Waals surface area contributed by atoms with Gasteiger partial charge in [-0.1, -0.05) is 52.7 Å². The predicted molar refractivity (Wildman–Crippen MR) is 91.8 cm³/mol. The molecule has 0 saturated carbocycles. The quantitative estimate of drug-likeness (QED) is 0.657. The summed E-state index contributed by atoms with van der Waals surface area (Å²) in [7, 11) is -4.15. The molecular formula is C18H30O3S. The molecule has 3 nitrogen and oxygen atoms in total. The third-order valence-electron chi connectivity index (χ3n) is 3.94. The van der Waals surface area contributed by atoms with Gasteiger partial charge in [-0.15, -0.1) is 0 Å². The molecule has 22 heavy (non-hydrogen) atoms. The van der Waals surface area contributed by atoms with Crippen molar-refractivity contribution in [2.24, 2.45) is 11.8 Å². The second kappa shape index (κ2) is 8.68. The second-order valence-electron chi connectivity index (χ2n) is 6.94. The van der Waals surface area contributed by atoms with E-state index in [-0.39, 0.29) is 4.90 Å². The van der Waals surface area contributed by atoms with Crippen molar-refractivity contribution in [1.29, 1.82) is 0 Å². The van der Waals surface area contributed by atoms with E-state index in [1.807, 2.05) is 6.07 Å². The standard InChI is InChI=1S/C18H30O3S/c1-14(2)8-5-10-16-11-7-13-18(22(19,20)21)17(16)12-6-9-15(3)4/h7,11,13-15H,5-6,8-10,12H2,1-4H3,(H,19,20,21). The number of aryl methyl sites for hydroxylation is 1. The van der Waals surface area contributed by atoms with Crippen LogP contribution < -0.4 is 0 Å². The van der Waals surface area contributed by atoms with Crippen LogP contribution in [0.3, 0.4) is 0 Å². The van der Waals surface area contributed by atoms with Crippen molar-refractivity contribution in [3.63, 3.8) is 0 Å². The molecule has 0 aliphatic carbocycles. The lowest BCUT2D eigenvalue weighted by molar-refractivity contribution is 0.480. The van der Waals surface area contributed by atoms with E-state index < -0.39 is 10.1 Å². The van der Waals surface area contributed by atoms with Gasteiger partial charge in [0.2, 0.25) is 0 Å². The van der Waals surface area contributed by atoms with Gasteiger partial charge in [0, 0.05) is 0 Å². The predicted octanol–water partition coefficient (Wildman–Crippen LogP) is 4.89. The van der Waals surface area contributed by atoms with Crippen LogP contribution >= 0.6 is 0 Å². The summed E-state index contributed by atoms with van der Waals surface area (Å²) in [5.41, 5.74) is 1.88. The molecule has 0 bridgehead atoms. The van der Waals surface area contributed by atoms with Crippen LogP contribution in [0.25, 0.3) is 0 Å². The number of rotatable bonds is 9. The summed E-state index contributed by atoms with van der Waals surface area (Å²) in [6, 6.07) is 5.26. The van der Waals surface area contributed by atoms with E-state index in [9.17, 15) is 13.0 Å². The van der Waals surface area contributed by atoms with Gasteiger partial charge in [-0.2, -0.15) is 8.42 Å². The number of hydrogen-bond acceptors (Lipinski definition) is 2. The summed E-state index contributed by atoms with van der Waals surface area (Å²) in [6.45, 7) is 8.72. The minimum Gasteiger partial charge on any atom is -0.282 e. The maximum absolute atomic E-state index is 11.6. The third-order valence-corrected chi connectivity index (χ3v) is 4.88. The van der Waals surface area contributed by atoms with E-state index in [0.29, 0.717) is 18.3 Å². The van der Waals surface area contributed by atoms with Crippen LogP contribution in [-0.4, -0.2) is 13.0 Å². The summed E-state index contributed by atoms with van der Waals surface area (Å²) >= 11 is 0. The first-order valence-corrected chi connectivity index (χ1v) is 9.74. The Morgan fingerprint density at radius 3 is 2.00 bits per heavy atom. The third kappa shape index (κ3) is 6.49. The fourth-order valence-corrected chi connectivity index (χ4v) is 3.55. The van der Waals surface area contributed by atoms with Gasteiger partial charge >= 0.3 is 0 Å². The molecule has 0 aliphatic heterocycles. The molecule has 0 unspecified atom stereocenters. The van der Waals surface area contributed by atoms with Gasteiger partial charge in [0.25, 0.3) is 10.1 Å². The molecule has 0 aromatic heterocycles. The van der Waals surface area contributed by atoms with Crippen LogP contribution in [0.15, 0.2) is 23.1 Å². The van der Waals surface area contributed by atoms with Crippen LogP contribution in [0.2, 0.25) is 0 Å². The maximum atomic E-state index is 11.6. The average molecular weight is 327 g/mol. The molecule has 0 saturated heterocycles. The van der Waals surface area contributed by atoms with E-state index in [2.05, 4.69) is 27.7 Å². The second-order valence-corrected chi connectivity index (χ2v) is 8.33. The summed E-state index contributed by atoms with van der Waals surface area (Å²) in [5.74, 6) is 1.25. The van der Waals surface area contributed by atoms with Gasteiger partial charge in [0.15, 0.2) is 0 Å². The minimum absolute atomic E-state index is 0.0957. The first-order valence-electron chi connectivity index (χ1n) is 8.30. The van der Waals surface area contributed by atoms with E-state index in [1.165, 1.54) is 6.07 Å². The molecule has 0 radical (unpaired) electrons. The lowest BCUT2D eigenvalue weighted by atomic mass is 9.95. The van der Waals surface area contributed by atoms with Gasteiger partial charge in [-0.25, -0.2) is 0 Å². The van der Waals surface area contributed by atoms with E-state index in [4.69, 9.17) is 0 Å². The Bertz CT molecular complexity index is 560. The van der Waals surface area contributed by atoms with E-state index in [0.717, 1.165) is 43.2 Å². The van der Waals surface area contributed by atoms with Crippen molar-refractivity contribution < 1.29 is 13.0 Å². The maximum Gasteiger partial charge on any atom is 0.294 e. The summed E-state index contributed by atoms with van der Waals surface area (Å²) < 4.78 is 32.8. The first-order chi connectivity index (χ1) is 10.2. The highest BCUT2D eigenvalue weighted by molar-refractivity contribution is 7.85. The zero-order valence-electron chi connectivity index (χ0n) is 14.3. The molecule has 1 aromatic carbocycles. The Kier molecular flexibility index (Phi) is 7.57. The van der Waals surface area contributed by atoms with Gasteiger partial charge in [-0.05, 0) is 54.7 Å². The van der Waals surface area contributed by atoms with Crippen molar-refractivity contribution in [2.75, 3.05) is 0 Å². The highest BCUT2D eigenvalue weighted by atomic mass is 32.2. The van der Waals surface area contributed by atoms with Crippen molar-refractivity contribution in [1.82, 2.24) is 0 Å². The largest absolute Gasteiger partial charge is 0.294 e. The molecule has 0 amide bonds. The molecule has 0 atom stereocenters. The van der Waals surface area contributed by atoms with Crippen molar-refractivity contribution >= 4 is 10.1 Å². The summed E-state index contributed by atoms with van der Waals surface area (Å²) in [6.07, 6.45) is 5.77. The Morgan fingerprint density at radius 2 is 1.50 bits per heavy atom. The van der Waals surface area contributed by atoms with Crippen LogP contribution in [0.5, 0.6) is 0 Å². The number of hydrogen-bond donors (Lipinski definition) is 1. The van der Waals surface area contributed by atoms with Crippen LogP contribution in [0.1, 0.15) is 64.5 Å². The highest BCUT2D eigenvalue weighted by Gasteiger charge is 2.18. The molecule has 0 aliphatic rings. The smallest absolute Gasteiger partial charge is 0.282 e. The Labute approximate surface area is 135 Å². The normalized spacial score (nSPS) is 12.3. The fraction of sp³-hybridized carbons (Fsp3) is 0.667. The molecule has 0 spiro atoms. The van der Waals surface area contributed by atoms with Crippen LogP contribution in [0.4, 0.5) is 0 Å². The van der Waals surface area contributed by atoms with Gasteiger partial charge < -0.3 is 0 Å². The molecule has 4 heteroatoms. The van der Waals surface area contributed by atoms with Crippen molar-refractivity contribution in [3.8, 4) is 0 Å². The average Bonchev–Trinajstić information content (AvgIpc) is 2.38. The molecule has 1 aromatic rings. The molecule has 126 valence electrons. The van der Waals surface area contributed by atoms with Gasteiger partial charge in [-0.3, -0.25) is 4.55 Å². The van der Waals surface area contributed by atoms with Crippen LogP contribution in [-0.2, 0) is 23.0 Å². The Balaban J connectivity index is 2.98. The lowest BCUT2D eigenvalue weighted by Gasteiger charge is -2.14. The fourth-order valence-electron chi connectivity index (χ4n) is 2.76. The van der Waals surface area contributed by atoms with Crippen molar-refractivity contribution in [3.05, 3.63) is 29.3 Å². The van der Waals surface area contributed by atoms with Gasteiger partial charge in [0.1, 0.15) is 0 Å². The molecule has 1 N–H and O–H groups in total. The summed E-state index contributed by atoms with van der Waals surface area (Å²) in [5, 5.41) is 0. The SMILES string of the molecule is CC(C)CCCc1cccc(S(=O)(=O)O)c1CCCC(C)C. The topological polar surface area (TPSA) is 54.4 Å². The van der Waals surface area contributed by atoms with E-state index >= 15 is 0 Å². The zero-order chi connectivity index (χ0) is 16.8. The van der Waals surface area contributed by atoms with E-state index in [1.54, 1.807) is 6.07 Å². The highest BCUT2D eigenvalue weighted by Crippen LogP contribution is 2.24. The lowest BCUT2D eigenvalue weighted by Crippen LogP contribution is -2.07. The Morgan fingerprint density at radius 1 is 0.955 bits per heavy atom. The molecular weight excluding hydrogens is 296 g/mol. The van der Waals surface area contributed by atoms with Crippen molar-refractivity contribution in [2.45, 2.75) is 71.1 Å².